The zero-order valence-electron chi connectivity index (χ0n) is 12.8. The van der Waals surface area contributed by atoms with E-state index in [4.69, 9.17) is 10.5 Å². The standard InChI is InChI=1S/C18H22FNO/c1-4-21-18(14-8-6-5-7-9-14)17(20)16-13(3)10-12(2)11-15(16)19/h5-11,17-18H,4,20H2,1-3H3. The van der Waals surface area contributed by atoms with Gasteiger partial charge in [0.1, 0.15) is 11.9 Å². The second kappa shape index (κ2) is 6.83. The fraction of sp³-hybridized carbons (Fsp3) is 0.333. The van der Waals surface area contributed by atoms with E-state index in [0.717, 1.165) is 16.7 Å². The van der Waals surface area contributed by atoms with Crippen LogP contribution in [0.4, 0.5) is 4.39 Å². The summed E-state index contributed by atoms with van der Waals surface area (Å²) in [5.41, 5.74) is 9.60. The van der Waals surface area contributed by atoms with Crippen LogP contribution in [0.25, 0.3) is 0 Å². The van der Waals surface area contributed by atoms with Crippen molar-refractivity contribution >= 4 is 0 Å². The summed E-state index contributed by atoms with van der Waals surface area (Å²) >= 11 is 0. The van der Waals surface area contributed by atoms with Gasteiger partial charge in [0.2, 0.25) is 0 Å². The molecule has 2 nitrogen and oxygen atoms in total. The fourth-order valence-corrected chi connectivity index (χ4v) is 2.73. The third kappa shape index (κ3) is 3.49. The maximum atomic E-state index is 14.3. The Morgan fingerprint density at radius 2 is 1.81 bits per heavy atom. The van der Waals surface area contributed by atoms with Gasteiger partial charge in [0.25, 0.3) is 0 Å². The van der Waals surface area contributed by atoms with Crippen molar-refractivity contribution in [2.75, 3.05) is 6.61 Å². The Kier molecular flexibility index (Phi) is 5.10. The zero-order chi connectivity index (χ0) is 15.4. The number of halogens is 1. The van der Waals surface area contributed by atoms with Crippen molar-refractivity contribution < 1.29 is 9.13 Å². The van der Waals surface area contributed by atoms with E-state index in [1.54, 1.807) is 0 Å². The maximum absolute atomic E-state index is 14.3. The summed E-state index contributed by atoms with van der Waals surface area (Å²) in [4.78, 5) is 0. The van der Waals surface area contributed by atoms with Crippen LogP contribution in [-0.2, 0) is 4.74 Å². The monoisotopic (exact) mass is 287 g/mol. The van der Waals surface area contributed by atoms with Gasteiger partial charge in [0, 0.05) is 12.2 Å². The largest absolute Gasteiger partial charge is 0.372 e. The summed E-state index contributed by atoms with van der Waals surface area (Å²) in [7, 11) is 0. The van der Waals surface area contributed by atoms with Crippen LogP contribution in [0.2, 0.25) is 0 Å². The van der Waals surface area contributed by atoms with Crippen LogP contribution in [0, 0.1) is 19.7 Å². The fourth-order valence-electron chi connectivity index (χ4n) is 2.73. The molecule has 2 aromatic rings. The van der Waals surface area contributed by atoms with Crippen LogP contribution in [0.15, 0.2) is 42.5 Å². The lowest BCUT2D eigenvalue weighted by Crippen LogP contribution is -2.24. The molecule has 0 saturated carbocycles. The molecule has 0 aliphatic carbocycles. The van der Waals surface area contributed by atoms with Gasteiger partial charge in [0.15, 0.2) is 0 Å². The number of hydrogen-bond acceptors (Lipinski definition) is 2. The zero-order valence-corrected chi connectivity index (χ0v) is 12.8. The van der Waals surface area contributed by atoms with Gasteiger partial charge in [-0.25, -0.2) is 4.39 Å². The van der Waals surface area contributed by atoms with Gasteiger partial charge in [-0.3, -0.25) is 0 Å². The summed E-state index contributed by atoms with van der Waals surface area (Å²) in [5, 5.41) is 0. The molecule has 2 atom stereocenters. The Bertz CT molecular complexity index is 574. The van der Waals surface area contributed by atoms with Crippen LogP contribution in [-0.4, -0.2) is 6.61 Å². The van der Waals surface area contributed by atoms with Gasteiger partial charge in [-0.05, 0) is 43.5 Å². The predicted molar refractivity (Wildman–Crippen MR) is 83.6 cm³/mol. The summed E-state index contributed by atoms with van der Waals surface area (Å²) in [5.74, 6) is -0.263. The first-order valence-electron chi connectivity index (χ1n) is 7.23. The first-order valence-corrected chi connectivity index (χ1v) is 7.23. The van der Waals surface area contributed by atoms with Crippen molar-refractivity contribution in [1.29, 1.82) is 0 Å². The number of rotatable bonds is 5. The molecule has 21 heavy (non-hydrogen) atoms. The Balaban J connectivity index is 2.42. The molecule has 2 aromatic carbocycles. The number of aryl methyl sites for hydroxylation is 2. The van der Waals surface area contributed by atoms with E-state index < -0.39 is 6.04 Å². The molecular weight excluding hydrogens is 265 g/mol. The Morgan fingerprint density at radius 3 is 2.38 bits per heavy atom. The number of hydrogen-bond donors (Lipinski definition) is 1. The molecule has 3 heteroatoms. The first-order chi connectivity index (χ1) is 10.0. The number of ether oxygens (including phenoxy) is 1. The van der Waals surface area contributed by atoms with Crippen molar-refractivity contribution in [3.63, 3.8) is 0 Å². The highest BCUT2D eigenvalue weighted by Gasteiger charge is 2.25. The van der Waals surface area contributed by atoms with E-state index in [-0.39, 0.29) is 11.9 Å². The maximum Gasteiger partial charge on any atom is 0.128 e. The molecule has 0 heterocycles. The van der Waals surface area contributed by atoms with E-state index in [1.165, 1.54) is 6.07 Å². The van der Waals surface area contributed by atoms with Gasteiger partial charge < -0.3 is 10.5 Å². The minimum atomic E-state index is -0.534. The van der Waals surface area contributed by atoms with Crippen molar-refractivity contribution in [3.05, 3.63) is 70.5 Å². The molecule has 0 spiro atoms. The Hall–Kier alpha value is -1.71. The first kappa shape index (κ1) is 15.7. The third-order valence-electron chi connectivity index (χ3n) is 3.61. The number of nitrogens with two attached hydrogens (primary N) is 1. The van der Waals surface area contributed by atoms with E-state index in [0.29, 0.717) is 12.2 Å². The van der Waals surface area contributed by atoms with E-state index in [2.05, 4.69) is 0 Å². The second-order valence-corrected chi connectivity index (χ2v) is 5.29. The van der Waals surface area contributed by atoms with Crippen LogP contribution >= 0.6 is 0 Å². The molecule has 2 rings (SSSR count). The highest BCUT2D eigenvalue weighted by molar-refractivity contribution is 5.36. The van der Waals surface area contributed by atoms with Crippen LogP contribution < -0.4 is 5.73 Å². The molecule has 112 valence electrons. The third-order valence-corrected chi connectivity index (χ3v) is 3.61. The smallest absolute Gasteiger partial charge is 0.128 e. The van der Waals surface area contributed by atoms with Crippen molar-refractivity contribution in [2.24, 2.45) is 5.73 Å². The Labute approximate surface area is 125 Å². The molecule has 2 unspecified atom stereocenters. The van der Waals surface area contributed by atoms with Gasteiger partial charge in [-0.2, -0.15) is 0 Å². The van der Waals surface area contributed by atoms with Crippen LogP contribution in [0.3, 0.4) is 0 Å². The highest BCUT2D eigenvalue weighted by atomic mass is 19.1. The average Bonchev–Trinajstić information content (AvgIpc) is 2.44. The van der Waals surface area contributed by atoms with Crippen molar-refractivity contribution in [1.82, 2.24) is 0 Å². The summed E-state index contributed by atoms with van der Waals surface area (Å²) in [6.45, 7) is 6.21. The van der Waals surface area contributed by atoms with E-state index in [1.807, 2.05) is 57.2 Å². The lowest BCUT2D eigenvalue weighted by atomic mass is 9.92. The molecule has 0 saturated heterocycles. The van der Waals surface area contributed by atoms with Gasteiger partial charge >= 0.3 is 0 Å². The van der Waals surface area contributed by atoms with Gasteiger partial charge in [-0.1, -0.05) is 36.4 Å². The normalized spacial score (nSPS) is 14.0. The van der Waals surface area contributed by atoms with Gasteiger partial charge in [0.05, 0.1) is 6.04 Å². The molecule has 0 aromatic heterocycles. The minimum absolute atomic E-state index is 0.263. The summed E-state index contributed by atoms with van der Waals surface area (Å²) in [6.07, 6.45) is -0.355. The van der Waals surface area contributed by atoms with Crippen LogP contribution in [0.5, 0.6) is 0 Å². The molecule has 2 N–H and O–H groups in total. The molecule has 0 radical (unpaired) electrons. The quantitative estimate of drug-likeness (QED) is 0.893. The van der Waals surface area contributed by atoms with E-state index in [9.17, 15) is 4.39 Å². The van der Waals surface area contributed by atoms with E-state index >= 15 is 0 Å². The SMILES string of the molecule is CCOC(c1ccccc1)C(N)c1c(C)cc(C)cc1F. The van der Waals surface area contributed by atoms with Crippen molar-refractivity contribution in [3.8, 4) is 0 Å². The lowest BCUT2D eigenvalue weighted by molar-refractivity contribution is 0.0419. The molecule has 0 amide bonds. The number of benzene rings is 2. The average molecular weight is 287 g/mol. The molecular formula is C18H22FNO. The predicted octanol–water partition coefficient (Wildman–Crippen LogP) is 4.22. The molecule has 0 fully saturated rings. The topological polar surface area (TPSA) is 35.2 Å². The minimum Gasteiger partial charge on any atom is -0.372 e. The van der Waals surface area contributed by atoms with Crippen molar-refractivity contribution in [2.45, 2.75) is 32.9 Å². The van der Waals surface area contributed by atoms with Crippen LogP contribution in [0.1, 0.15) is 41.3 Å². The highest BCUT2D eigenvalue weighted by Crippen LogP contribution is 2.33. The Morgan fingerprint density at radius 1 is 1.14 bits per heavy atom. The summed E-state index contributed by atoms with van der Waals surface area (Å²) in [6, 6.07) is 12.7. The molecule has 0 aliphatic rings. The second-order valence-electron chi connectivity index (χ2n) is 5.29. The molecule has 0 bridgehead atoms. The summed E-state index contributed by atoms with van der Waals surface area (Å²) < 4.78 is 20.1. The van der Waals surface area contributed by atoms with Gasteiger partial charge in [-0.15, -0.1) is 0 Å². The molecule has 0 aliphatic heterocycles. The lowest BCUT2D eigenvalue weighted by Gasteiger charge is -2.26.